The number of rotatable bonds is 4. The van der Waals surface area contributed by atoms with Gasteiger partial charge in [0.1, 0.15) is 11.4 Å². The van der Waals surface area contributed by atoms with Crippen molar-refractivity contribution in [2.75, 3.05) is 11.9 Å². The van der Waals surface area contributed by atoms with Crippen LogP contribution >= 0.6 is 0 Å². The summed E-state index contributed by atoms with van der Waals surface area (Å²) in [6.07, 6.45) is 0. The minimum absolute atomic E-state index is 0.0813. The van der Waals surface area contributed by atoms with E-state index in [9.17, 15) is 14.7 Å². The Labute approximate surface area is 97.0 Å². The predicted molar refractivity (Wildman–Crippen MR) is 63.9 cm³/mol. The lowest BCUT2D eigenvalue weighted by Crippen LogP contribution is -2.32. The third-order valence-electron chi connectivity index (χ3n) is 2.33. The first kappa shape index (κ1) is 11.2. The third-order valence-corrected chi connectivity index (χ3v) is 2.33. The van der Waals surface area contributed by atoms with Crippen molar-refractivity contribution in [2.24, 2.45) is 0 Å². The Hall–Kier alpha value is -2.30. The Balaban J connectivity index is 2.31. The molecule has 0 heterocycles. The minimum atomic E-state index is -0.860. The maximum absolute atomic E-state index is 11.2. The molecule has 0 spiro atoms. The molecule has 5 nitrogen and oxygen atoms in total. The van der Waals surface area contributed by atoms with E-state index in [0.717, 1.165) is 0 Å². The van der Waals surface area contributed by atoms with Gasteiger partial charge in [0.05, 0.1) is 12.3 Å². The summed E-state index contributed by atoms with van der Waals surface area (Å²) < 4.78 is 5.34. The van der Waals surface area contributed by atoms with Gasteiger partial charge in [0.15, 0.2) is 5.75 Å². The van der Waals surface area contributed by atoms with Gasteiger partial charge in [0, 0.05) is 0 Å². The summed E-state index contributed by atoms with van der Waals surface area (Å²) in [5.74, 6) is 0.0313. The predicted octanol–water partition coefficient (Wildman–Crippen LogP) is 1.13. The zero-order valence-electron chi connectivity index (χ0n) is 9.19. The first-order chi connectivity index (χ1) is 8.15. The second kappa shape index (κ2) is 4.29. The third kappa shape index (κ3) is 1.87. The van der Waals surface area contributed by atoms with Gasteiger partial charge in [-0.05, 0) is 19.1 Å². The molecular weight excluding hydrogens is 222 g/mol. The van der Waals surface area contributed by atoms with Crippen molar-refractivity contribution >= 4 is 11.4 Å². The van der Waals surface area contributed by atoms with Crippen LogP contribution in [0.1, 0.15) is 6.92 Å². The fraction of sp³-hybridized carbons (Fsp3) is 0.167. The van der Waals surface area contributed by atoms with E-state index in [1.807, 2.05) is 6.92 Å². The Bertz CT molecular complexity index is 611. The van der Waals surface area contributed by atoms with Gasteiger partial charge in [0.2, 0.25) is 0 Å². The molecule has 5 heteroatoms. The molecule has 2 aromatic carbocycles. The molecule has 88 valence electrons. The summed E-state index contributed by atoms with van der Waals surface area (Å²) >= 11 is 0. The average Bonchev–Trinajstić information content (AvgIpc) is 2.36. The highest BCUT2D eigenvalue weighted by Gasteiger charge is 2.20. The topological polar surface area (TPSA) is 75.6 Å². The monoisotopic (exact) mass is 233 g/mol. The number of ether oxygens (including phenoxy) is 1. The lowest BCUT2D eigenvalue weighted by Gasteiger charge is -2.13. The van der Waals surface area contributed by atoms with Crippen molar-refractivity contribution < 1.29 is 9.84 Å². The fourth-order valence-electron chi connectivity index (χ4n) is 1.48. The number of hydrogen-bond donors (Lipinski definition) is 2. The van der Waals surface area contributed by atoms with Gasteiger partial charge in [0.25, 0.3) is 10.9 Å². The van der Waals surface area contributed by atoms with Crippen molar-refractivity contribution in [3.8, 4) is 11.5 Å². The molecule has 2 N–H and O–H groups in total. The van der Waals surface area contributed by atoms with Gasteiger partial charge in [-0.3, -0.25) is 9.59 Å². The highest BCUT2D eigenvalue weighted by atomic mass is 16.5. The van der Waals surface area contributed by atoms with Gasteiger partial charge < -0.3 is 15.2 Å². The van der Waals surface area contributed by atoms with Crippen LogP contribution in [-0.2, 0) is 0 Å². The molecule has 17 heavy (non-hydrogen) atoms. The highest BCUT2D eigenvalue weighted by molar-refractivity contribution is 5.72. The molecule has 0 saturated carbocycles. The van der Waals surface area contributed by atoms with Gasteiger partial charge >= 0.3 is 0 Å². The van der Waals surface area contributed by atoms with Crippen LogP contribution in [0.5, 0.6) is 11.5 Å². The average molecular weight is 233 g/mol. The van der Waals surface area contributed by atoms with Crippen molar-refractivity contribution in [1.82, 2.24) is 0 Å². The van der Waals surface area contributed by atoms with Gasteiger partial charge in [-0.1, -0.05) is 12.1 Å². The Morgan fingerprint density at radius 1 is 1.24 bits per heavy atom. The molecule has 0 fully saturated rings. The zero-order valence-corrected chi connectivity index (χ0v) is 9.19. The van der Waals surface area contributed by atoms with Crippen LogP contribution in [-0.4, -0.2) is 11.7 Å². The van der Waals surface area contributed by atoms with E-state index in [1.165, 1.54) is 0 Å². The molecule has 0 aliphatic carbocycles. The summed E-state index contributed by atoms with van der Waals surface area (Å²) in [6, 6.07) is 6.97. The molecule has 0 unspecified atom stereocenters. The molecule has 0 aromatic heterocycles. The molecule has 0 amide bonds. The standard InChI is InChI=1S/C12H11NO4/c1-2-17-8-6-4-3-5-7(8)13-9-10(14)12(16)11(9)15/h3-6,13-14H,2H2,1H3. The van der Waals surface area contributed by atoms with Crippen molar-refractivity contribution in [1.29, 1.82) is 0 Å². The van der Waals surface area contributed by atoms with Crippen molar-refractivity contribution in [3.05, 3.63) is 44.7 Å². The van der Waals surface area contributed by atoms with E-state index in [0.29, 0.717) is 18.0 Å². The largest absolute Gasteiger partial charge is 0.502 e. The van der Waals surface area contributed by atoms with Gasteiger partial charge in [-0.2, -0.15) is 0 Å². The SMILES string of the molecule is CCOc1ccccc1Nc1c(O)c(=O)c1=O. The van der Waals surface area contributed by atoms with E-state index >= 15 is 0 Å². The number of nitrogens with one attached hydrogen (secondary N) is 1. The first-order valence-electron chi connectivity index (χ1n) is 5.16. The normalized spacial score (nSPS) is 10.4. The molecule has 0 saturated heterocycles. The number of hydrogen-bond acceptors (Lipinski definition) is 5. The van der Waals surface area contributed by atoms with Crippen LogP contribution in [0.25, 0.3) is 0 Å². The molecule has 0 aliphatic rings. The molecule has 0 atom stereocenters. The molecule has 0 aliphatic heterocycles. The molecule has 0 bridgehead atoms. The van der Waals surface area contributed by atoms with E-state index < -0.39 is 16.6 Å². The molecule has 0 radical (unpaired) electrons. The minimum Gasteiger partial charge on any atom is -0.502 e. The summed E-state index contributed by atoms with van der Waals surface area (Å²) in [5.41, 5.74) is -1.12. The number of anilines is 2. The van der Waals surface area contributed by atoms with Crippen LogP contribution in [0.2, 0.25) is 0 Å². The van der Waals surface area contributed by atoms with Crippen molar-refractivity contribution in [3.63, 3.8) is 0 Å². The zero-order chi connectivity index (χ0) is 12.4. The van der Waals surface area contributed by atoms with E-state index in [1.54, 1.807) is 24.3 Å². The maximum Gasteiger partial charge on any atom is 0.271 e. The Morgan fingerprint density at radius 3 is 2.59 bits per heavy atom. The van der Waals surface area contributed by atoms with Crippen LogP contribution in [0.4, 0.5) is 11.4 Å². The van der Waals surface area contributed by atoms with E-state index in [-0.39, 0.29) is 5.69 Å². The number of aromatic hydroxyl groups is 1. The van der Waals surface area contributed by atoms with Crippen molar-refractivity contribution in [2.45, 2.75) is 6.92 Å². The second-order valence-corrected chi connectivity index (χ2v) is 3.44. The van der Waals surface area contributed by atoms with Crippen LogP contribution in [0.3, 0.4) is 0 Å². The summed E-state index contributed by atoms with van der Waals surface area (Å²) in [7, 11) is 0. The van der Waals surface area contributed by atoms with E-state index in [4.69, 9.17) is 4.74 Å². The van der Waals surface area contributed by atoms with Crippen LogP contribution in [0, 0.1) is 0 Å². The number of benzene rings is 1. The Morgan fingerprint density at radius 2 is 1.94 bits per heavy atom. The van der Waals surface area contributed by atoms with Gasteiger partial charge in [-0.15, -0.1) is 0 Å². The quantitative estimate of drug-likeness (QED) is 0.774. The highest BCUT2D eigenvalue weighted by Crippen LogP contribution is 2.29. The molecule has 2 aromatic rings. The Kier molecular flexibility index (Phi) is 2.82. The first-order valence-corrected chi connectivity index (χ1v) is 5.16. The molecule has 2 rings (SSSR count). The van der Waals surface area contributed by atoms with Crippen LogP contribution in [0.15, 0.2) is 33.9 Å². The lowest BCUT2D eigenvalue weighted by atomic mass is 10.2. The summed E-state index contributed by atoms with van der Waals surface area (Å²) in [6.45, 7) is 2.32. The second-order valence-electron chi connectivity index (χ2n) is 3.44. The van der Waals surface area contributed by atoms with E-state index in [2.05, 4.69) is 5.32 Å². The smallest absolute Gasteiger partial charge is 0.271 e. The number of para-hydroxylation sites is 2. The molecular formula is C12H11NO4. The summed E-state index contributed by atoms with van der Waals surface area (Å²) in [5, 5.41) is 11.9. The maximum atomic E-state index is 11.2. The van der Waals surface area contributed by atoms with Gasteiger partial charge in [-0.25, -0.2) is 0 Å². The fourth-order valence-corrected chi connectivity index (χ4v) is 1.48. The summed E-state index contributed by atoms with van der Waals surface area (Å²) in [4.78, 5) is 22.0. The van der Waals surface area contributed by atoms with Crippen LogP contribution < -0.4 is 20.9 Å². The lowest BCUT2D eigenvalue weighted by molar-refractivity contribution is 0.342.